The van der Waals surface area contributed by atoms with Crippen LogP contribution in [-0.2, 0) is 6.42 Å². The Labute approximate surface area is 151 Å². The van der Waals surface area contributed by atoms with Gasteiger partial charge in [0.05, 0.1) is 0 Å². The molecule has 0 aliphatic carbocycles. The van der Waals surface area contributed by atoms with Crippen molar-refractivity contribution in [3.05, 3.63) is 78.0 Å². The molecule has 0 unspecified atom stereocenters. The first kappa shape index (κ1) is 16.1. The van der Waals surface area contributed by atoms with Crippen molar-refractivity contribution >= 4 is 23.1 Å². The van der Waals surface area contributed by atoms with Gasteiger partial charge in [-0.25, -0.2) is 4.98 Å². The molecule has 1 amide bonds. The van der Waals surface area contributed by atoms with Crippen molar-refractivity contribution in [2.75, 3.05) is 16.8 Å². The third-order valence-electron chi connectivity index (χ3n) is 4.48. The minimum absolute atomic E-state index is 0.159. The summed E-state index contributed by atoms with van der Waals surface area (Å²) in [7, 11) is 0. The van der Waals surface area contributed by atoms with Crippen molar-refractivity contribution in [1.82, 2.24) is 4.98 Å². The molecular formula is C21H19N3O2. The van der Waals surface area contributed by atoms with E-state index in [1.807, 2.05) is 18.2 Å². The zero-order valence-corrected chi connectivity index (χ0v) is 14.2. The van der Waals surface area contributed by atoms with E-state index in [2.05, 4.69) is 33.4 Å². The van der Waals surface area contributed by atoms with E-state index in [1.54, 1.807) is 18.2 Å². The van der Waals surface area contributed by atoms with Gasteiger partial charge in [0, 0.05) is 17.9 Å². The number of para-hydroxylation sites is 1. The molecule has 0 radical (unpaired) electrons. The highest BCUT2D eigenvalue weighted by Gasteiger charge is 2.19. The molecule has 2 N–H and O–H groups in total. The van der Waals surface area contributed by atoms with E-state index in [9.17, 15) is 9.90 Å². The van der Waals surface area contributed by atoms with Gasteiger partial charge in [-0.15, -0.1) is 0 Å². The second-order valence-electron chi connectivity index (χ2n) is 6.27. The number of aromatic nitrogens is 1. The maximum Gasteiger partial charge on any atom is 0.274 e. The number of carbonyl (C=O) groups is 1. The van der Waals surface area contributed by atoms with Crippen molar-refractivity contribution in [2.24, 2.45) is 0 Å². The maximum absolute atomic E-state index is 12.5. The zero-order chi connectivity index (χ0) is 17.9. The van der Waals surface area contributed by atoms with Crippen LogP contribution in [0.15, 0.2) is 66.7 Å². The molecule has 1 aliphatic heterocycles. The Morgan fingerprint density at radius 1 is 1.00 bits per heavy atom. The Balaban J connectivity index is 1.59. The number of phenols is 1. The number of amides is 1. The molecule has 0 saturated carbocycles. The molecule has 1 aromatic heterocycles. The molecule has 5 heteroatoms. The Morgan fingerprint density at radius 2 is 1.81 bits per heavy atom. The fraction of sp³-hybridized carbons (Fsp3) is 0.143. The smallest absolute Gasteiger partial charge is 0.274 e. The molecule has 5 nitrogen and oxygen atoms in total. The summed E-state index contributed by atoms with van der Waals surface area (Å²) in [5, 5.41) is 12.1. The van der Waals surface area contributed by atoms with Crippen LogP contribution in [0.25, 0.3) is 0 Å². The Morgan fingerprint density at radius 3 is 2.65 bits per heavy atom. The number of rotatable bonds is 3. The summed E-state index contributed by atoms with van der Waals surface area (Å²) >= 11 is 0. The normalized spacial score (nSPS) is 13.2. The van der Waals surface area contributed by atoms with E-state index in [1.165, 1.54) is 17.7 Å². The fourth-order valence-electron chi connectivity index (χ4n) is 3.21. The van der Waals surface area contributed by atoms with Crippen molar-refractivity contribution in [3.63, 3.8) is 0 Å². The molecule has 26 heavy (non-hydrogen) atoms. The quantitative estimate of drug-likeness (QED) is 0.701. The molecule has 2 heterocycles. The predicted molar refractivity (Wildman–Crippen MR) is 102 cm³/mol. The van der Waals surface area contributed by atoms with Crippen LogP contribution in [0.5, 0.6) is 5.75 Å². The molecular weight excluding hydrogens is 326 g/mol. The van der Waals surface area contributed by atoms with Gasteiger partial charge in [-0.05, 0) is 60.9 Å². The van der Waals surface area contributed by atoms with Gasteiger partial charge in [-0.3, -0.25) is 4.79 Å². The molecule has 0 atom stereocenters. The van der Waals surface area contributed by atoms with Crippen LogP contribution in [0, 0.1) is 0 Å². The molecule has 0 bridgehead atoms. The van der Waals surface area contributed by atoms with Crippen LogP contribution in [0.4, 0.5) is 17.2 Å². The highest BCUT2D eigenvalue weighted by atomic mass is 16.3. The molecule has 130 valence electrons. The highest BCUT2D eigenvalue weighted by Crippen LogP contribution is 2.32. The van der Waals surface area contributed by atoms with Crippen LogP contribution in [0.3, 0.4) is 0 Å². The summed E-state index contributed by atoms with van der Waals surface area (Å²) in [5.74, 6) is 0.658. The number of nitrogens with zero attached hydrogens (tertiary/aromatic N) is 2. The third kappa shape index (κ3) is 3.24. The van der Waals surface area contributed by atoms with Crippen molar-refractivity contribution in [2.45, 2.75) is 12.8 Å². The molecule has 0 fully saturated rings. The van der Waals surface area contributed by atoms with E-state index >= 15 is 0 Å². The van der Waals surface area contributed by atoms with Crippen LogP contribution >= 0.6 is 0 Å². The molecule has 3 aromatic rings. The van der Waals surface area contributed by atoms with Gasteiger partial charge in [0.15, 0.2) is 0 Å². The standard InChI is InChI=1S/C21H19N3O2/c25-17-12-10-16(11-13-17)22-21(26)18-7-3-9-20(23-18)24-14-4-6-15-5-1-2-8-19(15)24/h1-3,5,7-13,25H,4,6,14H2,(H,22,26). The minimum Gasteiger partial charge on any atom is -0.508 e. The summed E-state index contributed by atoms with van der Waals surface area (Å²) in [4.78, 5) is 19.3. The average Bonchev–Trinajstić information content (AvgIpc) is 2.69. The Kier molecular flexibility index (Phi) is 4.27. The van der Waals surface area contributed by atoms with Crippen LogP contribution in [0.2, 0.25) is 0 Å². The number of pyridine rings is 1. The van der Waals surface area contributed by atoms with E-state index in [0.29, 0.717) is 11.4 Å². The Hall–Kier alpha value is -3.34. The molecule has 0 saturated heterocycles. The molecule has 4 rings (SSSR count). The lowest BCUT2D eigenvalue weighted by atomic mass is 10.0. The number of aryl methyl sites for hydroxylation is 1. The van der Waals surface area contributed by atoms with Crippen molar-refractivity contribution in [3.8, 4) is 5.75 Å². The second kappa shape index (κ2) is 6.88. The summed E-state index contributed by atoms with van der Waals surface area (Å²) < 4.78 is 0. The first-order valence-electron chi connectivity index (χ1n) is 8.63. The zero-order valence-electron chi connectivity index (χ0n) is 14.2. The number of benzene rings is 2. The summed E-state index contributed by atoms with van der Waals surface area (Å²) in [6.45, 7) is 0.882. The number of aromatic hydroxyl groups is 1. The Bertz CT molecular complexity index is 938. The highest BCUT2D eigenvalue weighted by molar-refractivity contribution is 6.03. The van der Waals surface area contributed by atoms with Crippen LogP contribution in [0.1, 0.15) is 22.5 Å². The predicted octanol–water partition coefficient (Wildman–Crippen LogP) is 4.12. The second-order valence-corrected chi connectivity index (χ2v) is 6.27. The number of fused-ring (bicyclic) bond motifs is 1. The lowest BCUT2D eigenvalue weighted by Gasteiger charge is -2.30. The third-order valence-corrected chi connectivity index (χ3v) is 4.48. The minimum atomic E-state index is -0.275. The molecule has 1 aliphatic rings. The van der Waals surface area contributed by atoms with Gasteiger partial charge in [0.2, 0.25) is 0 Å². The average molecular weight is 345 g/mol. The van der Waals surface area contributed by atoms with Crippen LogP contribution in [-0.4, -0.2) is 22.5 Å². The number of hydrogen-bond donors (Lipinski definition) is 2. The van der Waals surface area contributed by atoms with E-state index in [-0.39, 0.29) is 11.7 Å². The molecule has 2 aromatic carbocycles. The van der Waals surface area contributed by atoms with Gasteiger partial charge in [0.25, 0.3) is 5.91 Å². The lowest BCUT2D eigenvalue weighted by molar-refractivity contribution is 0.102. The first-order chi connectivity index (χ1) is 12.7. The van der Waals surface area contributed by atoms with Gasteiger partial charge < -0.3 is 15.3 Å². The van der Waals surface area contributed by atoms with Gasteiger partial charge >= 0.3 is 0 Å². The van der Waals surface area contributed by atoms with Gasteiger partial charge in [-0.1, -0.05) is 24.3 Å². The molecule has 0 spiro atoms. The number of carbonyl (C=O) groups excluding carboxylic acids is 1. The summed E-state index contributed by atoms with van der Waals surface area (Å²) in [6, 6.07) is 20.2. The number of nitrogens with one attached hydrogen (secondary N) is 1. The van der Waals surface area contributed by atoms with Crippen molar-refractivity contribution in [1.29, 1.82) is 0 Å². The first-order valence-corrected chi connectivity index (χ1v) is 8.63. The van der Waals surface area contributed by atoms with E-state index in [0.717, 1.165) is 30.9 Å². The van der Waals surface area contributed by atoms with Gasteiger partial charge in [-0.2, -0.15) is 0 Å². The SMILES string of the molecule is O=C(Nc1ccc(O)cc1)c1cccc(N2CCCc3ccccc32)n1. The number of phenolic OH excluding ortho intramolecular Hbond substituents is 1. The largest absolute Gasteiger partial charge is 0.508 e. The van der Waals surface area contributed by atoms with Crippen molar-refractivity contribution < 1.29 is 9.90 Å². The van der Waals surface area contributed by atoms with Crippen LogP contribution < -0.4 is 10.2 Å². The maximum atomic E-state index is 12.5. The van der Waals surface area contributed by atoms with E-state index < -0.39 is 0 Å². The fourth-order valence-corrected chi connectivity index (χ4v) is 3.21. The number of anilines is 3. The monoisotopic (exact) mass is 345 g/mol. The lowest BCUT2D eigenvalue weighted by Crippen LogP contribution is -2.26. The van der Waals surface area contributed by atoms with E-state index in [4.69, 9.17) is 0 Å². The van der Waals surface area contributed by atoms with Gasteiger partial charge in [0.1, 0.15) is 17.3 Å². The number of hydrogen-bond acceptors (Lipinski definition) is 4. The summed E-state index contributed by atoms with van der Waals surface area (Å²) in [6.07, 6.45) is 2.12. The summed E-state index contributed by atoms with van der Waals surface area (Å²) in [5.41, 5.74) is 3.43. The topological polar surface area (TPSA) is 65.5 Å².